The standard InChI is InChI=1S/C21H20F3N3O4S/c22-15-5-7-16(8-6-15)32(29,30)26-11-9-14(10-12-26)20(28)31-13-19-25-17-3-1-2-4-18(17)27(19)21(23)24/h1-8,14,21H,9-13H2. The number of hydrogen-bond donors (Lipinski definition) is 0. The third-order valence-electron chi connectivity index (χ3n) is 5.45. The third kappa shape index (κ3) is 4.35. The van der Waals surface area contributed by atoms with Crippen LogP contribution in [-0.2, 0) is 26.2 Å². The molecule has 7 nitrogen and oxygen atoms in total. The van der Waals surface area contributed by atoms with Gasteiger partial charge in [0.05, 0.1) is 21.8 Å². The molecule has 0 atom stereocenters. The van der Waals surface area contributed by atoms with Crippen molar-refractivity contribution in [2.24, 2.45) is 5.92 Å². The summed E-state index contributed by atoms with van der Waals surface area (Å²) < 4.78 is 72.6. The summed E-state index contributed by atoms with van der Waals surface area (Å²) in [6, 6.07) is 10.9. The highest BCUT2D eigenvalue weighted by Crippen LogP contribution is 2.26. The fraction of sp³-hybridized carbons (Fsp3) is 0.333. The third-order valence-corrected chi connectivity index (χ3v) is 7.36. The molecule has 11 heteroatoms. The molecule has 2 aromatic carbocycles. The second-order valence-electron chi connectivity index (χ2n) is 7.40. The summed E-state index contributed by atoms with van der Waals surface area (Å²) in [5.74, 6) is -1.74. The molecule has 170 valence electrons. The van der Waals surface area contributed by atoms with Gasteiger partial charge in [0, 0.05) is 13.1 Å². The van der Waals surface area contributed by atoms with Gasteiger partial charge in [0.25, 0.3) is 0 Å². The van der Waals surface area contributed by atoms with E-state index in [1.165, 1.54) is 22.5 Å². The molecule has 0 bridgehead atoms. The predicted octanol–water partition coefficient (Wildman–Crippen LogP) is 3.71. The van der Waals surface area contributed by atoms with Gasteiger partial charge in [-0.05, 0) is 49.2 Å². The van der Waals surface area contributed by atoms with Crippen molar-refractivity contribution in [1.29, 1.82) is 0 Å². The zero-order valence-corrected chi connectivity index (χ0v) is 17.6. The van der Waals surface area contributed by atoms with Gasteiger partial charge < -0.3 is 4.74 Å². The smallest absolute Gasteiger partial charge is 0.320 e. The maximum absolute atomic E-state index is 13.5. The summed E-state index contributed by atoms with van der Waals surface area (Å²) in [4.78, 5) is 16.6. The van der Waals surface area contributed by atoms with Gasteiger partial charge in [-0.1, -0.05) is 12.1 Å². The van der Waals surface area contributed by atoms with Crippen LogP contribution in [0.2, 0.25) is 0 Å². The van der Waals surface area contributed by atoms with Crippen LogP contribution in [-0.4, -0.2) is 41.3 Å². The van der Waals surface area contributed by atoms with Crippen molar-refractivity contribution in [2.75, 3.05) is 13.1 Å². The molecule has 0 N–H and O–H groups in total. The SMILES string of the molecule is O=C(OCc1nc2ccccc2n1C(F)F)C1CCN(S(=O)(=O)c2ccc(F)cc2)CC1. The first-order valence-electron chi connectivity index (χ1n) is 9.93. The quantitative estimate of drug-likeness (QED) is 0.517. The molecule has 3 aromatic rings. The average Bonchev–Trinajstić information content (AvgIpc) is 3.16. The lowest BCUT2D eigenvalue weighted by molar-refractivity contribution is -0.151. The second kappa shape index (κ2) is 8.91. The molecular weight excluding hydrogens is 447 g/mol. The summed E-state index contributed by atoms with van der Waals surface area (Å²) in [6.45, 7) is -3.06. The van der Waals surface area contributed by atoms with Gasteiger partial charge >= 0.3 is 12.5 Å². The highest BCUT2D eigenvalue weighted by Gasteiger charge is 2.33. The lowest BCUT2D eigenvalue weighted by Gasteiger charge is -2.30. The summed E-state index contributed by atoms with van der Waals surface area (Å²) in [7, 11) is -3.80. The average molecular weight is 467 g/mol. The summed E-state index contributed by atoms with van der Waals surface area (Å²) >= 11 is 0. The zero-order valence-electron chi connectivity index (χ0n) is 16.8. The number of fused-ring (bicyclic) bond motifs is 1. The summed E-state index contributed by atoms with van der Waals surface area (Å²) in [5, 5.41) is 0. The highest BCUT2D eigenvalue weighted by atomic mass is 32.2. The van der Waals surface area contributed by atoms with Crippen LogP contribution in [0.5, 0.6) is 0 Å². The van der Waals surface area contributed by atoms with Crippen molar-refractivity contribution in [3.05, 3.63) is 60.2 Å². The minimum atomic E-state index is -3.80. The van der Waals surface area contributed by atoms with Gasteiger partial charge in [0.1, 0.15) is 12.4 Å². The number of ether oxygens (including phenoxy) is 1. The van der Waals surface area contributed by atoms with Gasteiger partial charge in [0.2, 0.25) is 10.0 Å². The number of benzene rings is 2. The maximum atomic E-state index is 13.5. The van der Waals surface area contributed by atoms with Crippen LogP contribution in [0.25, 0.3) is 11.0 Å². The van der Waals surface area contributed by atoms with Gasteiger partial charge in [0.15, 0.2) is 5.82 Å². The monoisotopic (exact) mass is 467 g/mol. The van der Waals surface area contributed by atoms with E-state index in [-0.39, 0.29) is 42.2 Å². The van der Waals surface area contributed by atoms with Crippen molar-refractivity contribution in [3.8, 4) is 0 Å². The van der Waals surface area contributed by atoms with Crippen LogP contribution in [0.1, 0.15) is 25.2 Å². The van der Waals surface area contributed by atoms with Gasteiger partial charge in [-0.15, -0.1) is 0 Å². The van der Waals surface area contributed by atoms with Crippen LogP contribution < -0.4 is 0 Å². The minimum Gasteiger partial charge on any atom is -0.457 e. The number of aromatic nitrogens is 2. The van der Waals surface area contributed by atoms with Gasteiger partial charge in [-0.25, -0.2) is 17.8 Å². The number of esters is 1. The van der Waals surface area contributed by atoms with Gasteiger partial charge in [-0.2, -0.15) is 13.1 Å². The molecule has 1 fully saturated rings. The zero-order chi connectivity index (χ0) is 22.9. The Balaban J connectivity index is 1.38. The Morgan fingerprint density at radius 2 is 1.75 bits per heavy atom. The van der Waals surface area contributed by atoms with E-state index in [2.05, 4.69) is 4.98 Å². The van der Waals surface area contributed by atoms with Crippen LogP contribution in [0.15, 0.2) is 53.4 Å². The largest absolute Gasteiger partial charge is 0.457 e. The molecule has 0 saturated carbocycles. The molecule has 4 rings (SSSR count). The van der Waals surface area contributed by atoms with Crippen molar-refractivity contribution in [3.63, 3.8) is 0 Å². The van der Waals surface area contributed by atoms with E-state index in [0.29, 0.717) is 5.52 Å². The first kappa shape index (κ1) is 22.3. The topological polar surface area (TPSA) is 81.5 Å². The first-order valence-corrected chi connectivity index (χ1v) is 11.4. The van der Waals surface area contributed by atoms with Crippen molar-refractivity contribution < 1.29 is 31.1 Å². The number of imidazole rings is 1. The molecule has 0 aliphatic carbocycles. The summed E-state index contributed by atoms with van der Waals surface area (Å²) in [6.07, 6.45) is 0.453. The molecule has 0 amide bonds. The van der Waals surface area contributed by atoms with Crippen molar-refractivity contribution >= 4 is 27.0 Å². The minimum absolute atomic E-state index is 0.0224. The van der Waals surface area contributed by atoms with E-state index in [4.69, 9.17) is 4.74 Å². The fourth-order valence-electron chi connectivity index (χ4n) is 3.75. The number of sulfonamides is 1. The Labute approximate surface area is 182 Å². The van der Waals surface area contributed by atoms with Crippen LogP contribution in [0, 0.1) is 11.7 Å². The number of alkyl halides is 2. The molecule has 2 heterocycles. The molecule has 0 unspecified atom stereocenters. The molecule has 1 saturated heterocycles. The first-order chi connectivity index (χ1) is 15.3. The lowest BCUT2D eigenvalue weighted by atomic mass is 9.98. The highest BCUT2D eigenvalue weighted by molar-refractivity contribution is 7.89. The van der Waals surface area contributed by atoms with E-state index >= 15 is 0 Å². The normalized spacial score (nSPS) is 16.0. The lowest BCUT2D eigenvalue weighted by Crippen LogP contribution is -2.40. The number of nitrogens with zero attached hydrogens (tertiary/aromatic N) is 3. The van der Waals surface area contributed by atoms with E-state index in [1.54, 1.807) is 18.2 Å². The van der Waals surface area contributed by atoms with E-state index in [9.17, 15) is 26.4 Å². The van der Waals surface area contributed by atoms with Crippen molar-refractivity contribution in [1.82, 2.24) is 13.9 Å². The number of piperidine rings is 1. The number of carbonyl (C=O) groups is 1. The number of hydrogen-bond acceptors (Lipinski definition) is 5. The molecule has 0 spiro atoms. The van der Waals surface area contributed by atoms with Crippen LogP contribution in [0.3, 0.4) is 0 Å². The Morgan fingerprint density at radius 1 is 1.09 bits per heavy atom. The molecule has 1 aromatic heterocycles. The summed E-state index contributed by atoms with van der Waals surface area (Å²) in [5.41, 5.74) is 0.617. The number of rotatable bonds is 6. The van der Waals surface area contributed by atoms with E-state index < -0.39 is 40.9 Å². The molecule has 1 aliphatic rings. The molecule has 1 aliphatic heterocycles. The van der Waals surface area contributed by atoms with E-state index in [0.717, 1.165) is 16.7 Å². The Bertz CT molecular complexity index is 1220. The Kier molecular flexibility index (Phi) is 6.20. The van der Waals surface area contributed by atoms with Gasteiger partial charge in [-0.3, -0.25) is 9.36 Å². The maximum Gasteiger partial charge on any atom is 0.320 e. The number of para-hydroxylation sites is 2. The van der Waals surface area contributed by atoms with E-state index in [1.807, 2.05) is 0 Å². The molecule has 32 heavy (non-hydrogen) atoms. The molecule has 0 radical (unpaired) electrons. The fourth-order valence-corrected chi connectivity index (χ4v) is 5.22. The Morgan fingerprint density at radius 3 is 2.41 bits per heavy atom. The van der Waals surface area contributed by atoms with Crippen molar-refractivity contribution in [2.45, 2.75) is 30.9 Å². The molecular formula is C21H20F3N3O4S. The van der Waals surface area contributed by atoms with Crippen LogP contribution in [0.4, 0.5) is 13.2 Å². The second-order valence-corrected chi connectivity index (χ2v) is 9.34. The van der Waals surface area contributed by atoms with Crippen LogP contribution >= 0.6 is 0 Å². The number of carbonyl (C=O) groups excluding carboxylic acids is 1. The Hall–Kier alpha value is -2.92. The predicted molar refractivity (Wildman–Crippen MR) is 109 cm³/mol. The number of halogens is 3.